The quantitative estimate of drug-likeness (QED) is 0.788. The lowest BCUT2D eigenvalue weighted by Gasteiger charge is -2.25. The molecule has 1 aromatic rings. The van der Waals surface area contributed by atoms with Crippen molar-refractivity contribution in [3.8, 4) is 0 Å². The van der Waals surface area contributed by atoms with Crippen LogP contribution in [0.15, 0.2) is 22.7 Å². The van der Waals surface area contributed by atoms with Crippen molar-refractivity contribution in [2.75, 3.05) is 26.4 Å². The van der Waals surface area contributed by atoms with E-state index >= 15 is 0 Å². The number of aryl methyl sites for hydroxylation is 1. The molecule has 1 aliphatic rings. The number of halogens is 1. The molecular weight excluding hydrogens is 294 g/mol. The molecule has 1 unspecified atom stereocenters. The van der Waals surface area contributed by atoms with Crippen molar-refractivity contribution in [3.63, 3.8) is 0 Å². The number of fused-ring (bicyclic) bond motifs is 1. The topological polar surface area (TPSA) is 41.5 Å². The Hall–Kier alpha value is -0.420. The molecular formula is C14H20BrNO2. The summed E-state index contributed by atoms with van der Waals surface area (Å²) < 4.78 is 6.41. The minimum absolute atomic E-state index is 0.103. The number of aliphatic hydroxyl groups is 1. The summed E-state index contributed by atoms with van der Waals surface area (Å²) in [5.74, 6) is 0. The first kappa shape index (κ1) is 14.0. The van der Waals surface area contributed by atoms with Crippen LogP contribution >= 0.6 is 15.9 Å². The summed E-state index contributed by atoms with van der Waals surface area (Å²) in [5, 5.41) is 12.1. The Morgan fingerprint density at radius 2 is 2.22 bits per heavy atom. The second kappa shape index (κ2) is 7.24. The molecule has 1 aliphatic carbocycles. The summed E-state index contributed by atoms with van der Waals surface area (Å²) >= 11 is 3.52. The lowest BCUT2D eigenvalue weighted by atomic mass is 9.88. The van der Waals surface area contributed by atoms with Crippen LogP contribution in [0.1, 0.15) is 17.5 Å². The Morgan fingerprint density at radius 3 is 3.06 bits per heavy atom. The van der Waals surface area contributed by atoms with Crippen LogP contribution in [0, 0.1) is 0 Å². The monoisotopic (exact) mass is 313 g/mol. The summed E-state index contributed by atoms with van der Waals surface area (Å²) in [6.07, 6.45) is 3.43. The van der Waals surface area contributed by atoms with Crippen LogP contribution in [0.25, 0.3) is 0 Å². The van der Waals surface area contributed by atoms with Gasteiger partial charge in [-0.25, -0.2) is 0 Å². The molecule has 18 heavy (non-hydrogen) atoms. The number of ether oxygens (including phenoxy) is 1. The molecule has 1 aromatic carbocycles. The van der Waals surface area contributed by atoms with Gasteiger partial charge < -0.3 is 15.2 Å². The Morgan fingerprint density at radius 1 is 1.33 bits per heavy atom. The van der Waals surface area contributed by atoms with Gasteiger partial charge in [0.2, 0.25) is 0 Å². The maximum atomic E-state index is 8.60. The van der Waals surface area contributed by atoms with Gasteiger partial charge in [0, 0.05) is 17.1 Å². The van der Waals surface area contributed by atoms with Crippen LogP contribution in [0.3, 0.4) is 0 Å². The zero-order valence-corrected chi connectivity index (χ0v) is 12.1. The third-order valence-electron chi connectivity index (χ3n) is 3.31. The summed E-state index contributed by atoms with van der Waals surface area (Å²) in [4.78, 5) is 0. The minimum atomic E-state index is 0.103. The van der Waals surface area contributed by atoms with Crippen LogP contribution in [0.4, 0.5) is 0 Å². The largest absolute Gasteiger partial charge is 0.394 e. The highest BCUT2D eigenvalue weighted by Crippen LogP contribution is 2.24. The van der Waals surface area contributed by atoms with E-state index in [-0.39, 0.29) is 6.61 Å². The molecule has 2 N–H and O–H groups in total. The van der Waals surface area contributed by atoms with E-state index < -0.39 is 0 Å². The molecule has 0 aliphatic heterocycles. The zero-order chi connectivity index (χ0) is 12.8. The fourth-order valence-electron chi connectivity index (χ4n) is 2.40. The van der Waals surface area contributed by atoms with Crippen LogP contribution < -0.4 is 5.32 Å². The standard InChI is InChI=1S/C14H20BrNO2/c15-13-3-1-12-10-14(4-2-11(12)9-13)16-5-7-18-8-6-17/h1,3,9,14,16-17H,2,4-8,10H2. The van der Waals surface area contributed by atoms with Crippen molar-refractivity contribution in [2.45, 2.75) is 25.3 Å². The first-order chi connectivity index (χ1) is 8.79. The molecule has 0 fully saturated rings. The summed E-state index contributed by atoms with van der Waals surface area (Å²) in [7, 11) is 0. The van der Waals surface area contributed by atoms with Gasteiger partial charge in [0.25, 0.3) is 0 Å². The van der Waals surface area contributed by atoms with Crippen molar-refractivity contribution in [3.05, 3.63) is 33.8 Å². The fourth-order valence-corrected chi connectivity index (χ4v) is 2.81. The van der Waals surface area contributed by atoms with Gasteiger partial charge in [-0.15, -0.1) is 0 Å². The molecule has 0 spiro atoms. The molecule has 1 atom stereocenters. The van der Waals surface area contributed by atoms with Crippen molar-refractivity contribution in [2.24, 2.45) is 0 Å². The average Bonchev–Trinajstić information content (AvgIpc) is 2.38. The third-order valence-corrected chi connectivity index (χ3v) is 3.81. The highest BCUT2D eigenvalue weighted by atomic mass is 79.9. The molecule has 3 nitrogen and oxygen atoms in total. The number of benzene rings is 1. The van der Waals surface area contributed by atoms with Crippen LogP contribution in [-0.4, -0.2) is 37.5 Å². The summed E-state index contributed by atoms with van der Waals surface area (Å²) in [6.45, 7) is 2.07. The maximum Gasteiger partial charge on any atom is 0.0698 e. The first-order valence-electron chi connectivity index (χ1n) is 6.49. The van der Waals surface area contributed by atoms with Gasteiger partial charge in [0.15, 0.2) is 0 Å². The lowest BCUT2D eigenvalue weighted by Crippen LogP contribution is -2.36. The second-order valence-corrected chi connectivity index (χ2v) is 5.56. The molecule has 0 radical (unpaired) electrons. The van der Waals surface area contributed by atoms with Gasteiger partial charge in [0.05, 0.1) is 19.8 Å². The molecule has 0 amide bonds. The van der Waals surface area contributed by atoms with Gasteiger partial charge in [-0.1, -0.05) is 22.0 Å². The highest BCUT2D eigenvalue weighted by Gasteiger charge is 2.17. The third kappa shape index (κ3) is 4.05. The van der Waals surface area contributed by atoms with Gasteiger partial charge in [-0.2, -0.15) is 0 Å². The molecule has 0 saturated heterocycles. The van der Waals surface area contributed by atoms with Crippen molar-refractivity contribution >= 4 is 15.9 Å². The van der Waals surface area contributed by atoms with Crippen molar-refractivity contribution in [1.82, 2.24) is 5.32 Å². The van der Waals surface area contributed by atoms with Gasteiger partial charge in [-0.05, 0) is 42.5 Å². The lowest BCUT2D eigenvalue weighted by molar-refractivity contribution is 0.0923. The summed E-state index contributed by atoms with van der Waals surface area (Å²) in [5.41, 5.74) is 2.93. The van der Waals surface area contributed by atoms with Crippen molar-refractivity contribution < 1.29 is 9.84 Å². The molecule has 0 saturated carbocycles. The molecule has 0 heterocycles. The van der Waals surface area contributed by atoms with E-state index in [1.807, 2.05) is 0 Å². The summed E-state index contributed by atoms with van der Waals surface area (Å²) in [6, 6.07) is 7.12. The zero-order valence-electron chi connectivity index (χ0n) is 10.5. The van der Waals surface area contributed by atoms with E-state index in [1.165, 1.54) is 22.0 Å². The Bertz CT molecular complexity index is 384. The normalized spacial score (nSPS) is 18.7. The van der Waals surface area contributed by atoms with Crippen LogP contribution in [0.2, 0.25) is 0 Å². The van der Waals surface area contributed by atoms with Gasteiger partial charge in [-0.3, -0.25) is 0 Å². The SMILES string of the molecule is OCCOCCNC1CCc2cc(Br)ccc2C1. The number of hydrogen-bond donors (Lipinski definition) is 2. The predicted octanol–water partition coefficient (Wildman–Crippen LogP) is 1.90. The smallest absolute Gasteiger partial charge is 0.0698 e. The maximum absolute atomic E-state index is 8.60. The molecule has 0 aromatic heterocycles. The number of rotatable bonds is 6. The fraction of sp³-hybridized carbons (Fsp3) is 0.571. The highest BCUT2D eigenvalue weighted by molar-refractivity contribution is 9.10. The van der Waals surface area contributed by atoms with E-state index in [0.717, 1.165) is 19.4 Å². The number of nitrogens with one attached hydrogen (secondary N) is 1. The molecule has 0 bridgehead atoms. The average molecular weight is 314 g/mol. The van der Waals surface area contributed by atoms with Gasteiger partial charge in [0.1, 0.15) is 0 Å². The molecule has 4 heteroatoms. The van der Waals surface area contributed by atoms with E-state index in [4.69, 9.17) is 9.84 Å². The number of hydrogen-bond acceptors (Lipinski definition) is 3. The van der Waals surface area contributed by atoms with E-state index in [9.17, 15) is 0 Å². The Labute approximate surface area is 117 Å². The predicted molar refractivity (Wildman–Crippen MR) is 75.9 cm³/mol. The first-order valence-corrected chi connectivity index (χ1v) is 7.28. The van der Waals surface area contributed by atoms with E-state index in [2.05, 4.69) is 39.4 Å². The minimum Gasteiger partial charge on any atom is -0.394 e. The Balaban J connectivity index is 1.76. The van der Waals surface area contributed by atoms with Crippen molar-refractivity contribution in [1.29, 1.82) is 0 Å². The molecule has 100 valence electrons. The van der Waals surface area contributed by atoms with E-state index in [1.54, 1.807) is 0 Å². The van der Waals surface area contributed by atoms with Crippen LogP contribution in [-0.2, 0) is 17.6 Å². The second-order valence-electron chi connectivity index (χ2n) is 4.64. The number of aliphatic hydroxyl groups excluding tert-OH is 1. The molecule has 2 rings (SSSR count). The van der Waals surface area contributed by atoms with E-state index in [0.29, 0.717) is 19.3 Å². The van der Waals surface area contributed by atoms with Gasteiger partial charge >= 0.3 is 0 Å². The Kier molecular flexibility index (Phi) is 5.63. The van der Waals surface area contributed by atoms with Crippen LogP contribution in [0.5, 0.6) is 0 Å².